The van der Waals surface area contributed by atoms with Crippen molar-refractivity contribution in [2.75, 3.05) is 31.2 Å². The fraction of sp³-hybridized carbons (Fsp3) is 0.568. The number of ether oxygens (including phenoxy) is 2. The number of fused-ring (bicyclic) bond motifs is 4. The summed E-state index contributed by atoms with van der Waals surface area (Å²) in [4.78, 5) is 28.9. The minimum atomic E-state index is -3.99. The molecule has 2 aromatic carbocycles. The van der Waals surface area contributed by atoms with Gasteiger partial charge in [-0.25, -0.2) is 13.1 Å². The van der Waals surface area contributed by atoms with Gasteiger partial charge in [0.1, 0.15) is 11.4 Å². The van der Waals surface area contributed by atoms with E-state index in [1.165, 1.54) is 11.1 Å². The lowest BCUT2D eigenvalue weighted by atomic mass is 9.64. The van der Waals surface area contributed by atoms with Crippen LogP contribution in [0.2, 0.25) is 5.02 Å². The van der Waals surface area contributed by atoms with Crippen molar-refractivity contribution in [3.8, 4) is 5.75 Å². The SMILES string of the molecule is CC(C)CO[C@]1(C=O)/C=C\C[C@H](C)[C@@H](C)S(=O)(=O)NC(=O)c2ccc3c(c2)N(C[C@@H]2CC[C@H]21)C[C@@]1(CCCc2cc(Cl)ccc21)CO3. The van der Waals surface area contributed by atoms with E-state index < -0.39 is 26.8 Å². The Morgan fingerprint density at radius 2 is 1.98 bits per heavy atom. The summed E-state index contributed by atoms with van der Waals surface area (Å²) in [5.41, 5.74) is 2.05. The lowest BCUT2D eigenvalue weighted by Crippen LogP contribution is -2.54. The van der Waals surface area contributed by atoms with E-state index in [2.05, 4.69) is 35.6 Å². The summed E-state index contributed by atoms with van der Waals surface area (Å²) in [7, 11) is -3.99. The summed E-state index contributed by atoms with van der Waals surface area (Å²) < 4.78 is 42.2. The van der Waals surface area contributed by atoms with Crippen molar-refractivity contribution in [2.45, 2.75) is 82.5 Å². The van der Waals surface area contributed by atoms with E-state index in [0.717, 1.165) is 49.1 Å². The third-order valence-corrected chi connectivity index (χ3v) is 13.2. The zero-order valence-electron chi connectivity index (χ0n) is 27.8. The second-order valence-electron chi connectivity index (χ2n) is 14.7. The molecule has 0 saturated heterocycles. The van der Waals surface area contributed by atoms with Gasteiger partial charge >= 0.3 is 0 Å². The molecule has 1 N–H and O–H groups in total. The van der Waals surface area contributed by atoms with Crippen LogP contribution in [0.3, 0.4) is 0 Å². The number of amides is 1. The molecule has 1 saturated carbocycles. The lowest BCUT2D eigenvalue weighted by Gasteiger charge is -2.49. The Morgan fingerprint density at radius 1 is 1.17 bits per heavy atom. The molecular formula is C37H47ClN2O6S. The van der Waals surface area contributed by atoms with Crippen molar-refractivity contribution in [1.82, 2.24) is 4.72 Å². The molecule has 2 aliphatic carbocycles. The predicted octanol–water partition coefficient (Wildman–Crippen LogP) is 6.49. The van der Waals surface area contributed by atoms with E-state index >= 15 is 0 Å². The number of aldehydes is 1. The molecule has 4 aliphatic rings. The molecule has 10 heteroatoms. The van der Waals surface area contributed by atoms with Gasteiger partial charge in [-0.05, 0) is 111 Å². The first kappa shape index (κ1) is 34.0. The Kier molecular flexibility index (Phi) is 9.55. The highest BCUT2D eigenvalue weighted by atomic mass is 35.5. The number of sulfonamides is 1. The van der Waals surface area contributed by atoms with Crippen LogP contribution >= 0.6 is 11.6 Å². The van der Waals surface area contributed by atoms with Gasteiger partial charge in [-0.2, -0.15) is 0 Å². The molecule has 2 aromatic rings. The summed E-state index contributed by atoms with van der Waals surface area (Å²) >= 11 is 6.43. The van der Waals surface area contributed by atoms with Crippen LogP contribution < -0.4 is 14.4 Å². The van der Waals surface area contributed by atoms with Crippen molar-refractivity contribution in [3.05, 3.63) is 70.3 Å². The number of halogens is 1. The fourth-order valence-electron chi connectivity index (χ4n) is 7.92. The minimum Gasteiger partial charge on any atom is -0.490 e. The molecule has 0 aromatic heterocycles. The van der Waals surface area contributed by atoms with Crippen LogP contribution in [0.1, 0.15) is 81.3 Å². The number of hydrogen-bond acceptors (Lipinski definition) is 7. The quantitative estimate of drug-likeness (QED) is 0.291. The highest BCUT2D eigenvalue weighted by Gasteiger charge is 2.49. The van der Waals surface area contributed by atoms with Crippen molar-refractivity contribution in [1.29, 1.82) is 0 Å². The van der Waals surface area contributed by atoms with E-state index in [1.54, 1.807) is 25.1 Å². The normalized spacial score (nSPS) is 32.6. The lowest BCUT2D eigenvalue weighted by molar-refractivity contribution is -0.143. The van der Waals surface area contributed by atoms with Gasteiger partial charge in [0.15, 0.2) is 6.29 Å². The number of nitrogens with zero attached hydrogens (tertiary/aromatic N) is 1. The number of carbonyl (C=O) groups is 2. The first-order valence-corrected chi connectivity index (χ1v) is 18.9. The zero-order valence-corrected chi connectivity index (χ0v) is 29.4. The molecule has 0 radical (unpaired) electrons. The molecule has 254 valence electrons. The monoisotopic (exact) mass is 682 g/mol. The first-order chi connectivity index (χ1) is 22.4. The summed E-state index contributed by atoms with van der Waals surface area (Å²) in [5.74, 6) is 0.0203. The Balaban J connectivity index is 1.46. The Bertz CT molecular complexity index is 1660. The number of allylic oxidation sites excluding steroid dienone is 1. The molecule has 0 unspecified atom stereocenters. The molecule has 1 spiro atoms. The van der Waals surface area contributed by atoms with E-state index in [1.807, 2.05) is 25.1 Å². The Hall–Kier alpha value is -2.88. The summed E-state index contributed by atoms with van der Waals surface area (Å²) in [5, 5.41) is -0.127. The molecule has 47 heavy (non-hydrogen) atoms. The Morgan fingerprint density at radius 3 is 2.70 bits per heavy atom. The van der Waals surface area contributed by atoms with Gasteiger partial charge in [-0.1, -0.05) is 44.5 Å². The van der Waals surface area contributed by atoms with Gasteiger partial charge in [0, 0.05) is 35.0 Å². The smallest absolute Gasteiger partial charge is 0.264 e. The highest BCUT2D eigenvalue weighted by molar-refractivity contribution is 7.90. The predicted molar refractivity (Wildman–Crippen MR) is 185 cm³/mol. The highest BCUT2D eigenvalue weighted by Crippen LogP contribution is 2.49. The van der Waals surface area contributed by atoms with Crippen LogP contribution in [0, 0.1) is 23.7 Å². The molecule has 6 rings (SSSR count). The van der Waals surface area contributed by atoms with E-state index in [-0.39, 0.29) is 34.7 Å². The number of hydrogen-bond donors (Lipinski definition) is 1. The average molecular weight is 683 g/mol. The molecular weight excluding hydrogens is 636 g/mol. The second-order valence-corrected chi connectivity index (χ2v) is 17.2. The molecule has 2 bridgehead atoms. The third kappa shape index (κ3) is 6.60. The van der Waals surface area contributed by atoms with Crippen molar-refractivity contribution in [3.63, 3.8) is 0 Å². The van der Waals surface area contributed by atoms with Crippen LogP contribution in [0.4, 0.5) is 5.69 Å². The molecule has 1 amide bonds. The molecule has 2 aliphatic heterocycles. The number of nitrogens with one attached hydrogen (secondary N) is 1. The van der Waals surface area contributed by atoms with Gasteiger partial charge in [0.05, 0.1) is 24.2 Å². The fourth-order valence-corrected chi connectivity index (χ4v) is 9.40. The second kappa shape index (κ2) is 13.2. The third-order valence-electron chi connectivity index (χ3n) is 11.0. The van der Waals surface area contributed by atoms with Crippen LogP contribution in [0.15, 0.2) is 48.6 Å². The molecule has 1 fully saturated rings. The number of rotatable bonds is 4. The van der Waals surface area contributed by atoms with Crippen molar-refractivity contribution >= 4 is 39.5 Å². The van der Waals surface area contributed by atoms with Crippen LogP contribution in [0.25, 0.3) is 0 Å². The number of benzene rings is 2. The topological polar surface area (TPSA) is 102 Å². The van der Waals surface area contributed by atoms with Crippen LogP contribution in [-0.2, 0) is 31.4 Å². The standard InChI is InChI=1S/C37H47ClN2O6S/c1-24(2)20-46-37(22-41)16-5-7-25(3)26(4)47(43,44)39-35(42)28-10-14-34-33(18-28)40(19-29-9-12-32(29)37)21-36(23-45-34)15-6-8-27-17-30(38)11-13-31(27)36/h5,10-11,13-14,16-18,22,24-26,29,32H,6-9,12,15,19-21,23H2,1-4H3,(H,39,42)/b16-5-/t25-,26+,29-,32+,36-,37-/m0/s1. The maximum absolute atomic E-state index is 13.5. The van der Waals surface area contributed by atoms with Gasteiger partial charge in [-0.15, -0.1) is 0 Å². The number of carbonyl (C=O) groups excluding carboxylic acids is 2. The minimum absolute atomic E-state index is 0.0492. The zero-order chi connectivity index (χ0) is 33.6. The van der Waals surface area contributed by atoms with Crippen molar-refractivity contribution < 1.29 is 27.5 Å². The van der Waals surface area contributed by atoms with E-state index in [4.69, 9.17) is 21.1 Å². The Labute approximate surface area is 284 Å². The van der Waals surface area contributed by atoms with E-state index in [0.29, 0.717) is 38.5 Å². The number of anilines is 1. The van der Waals surface area contributed by atoms with Crippen molar-refractivity contribution in [2.24, 2.45) is 23.7 Å². The van der Waals surface area contributed by atoms with Crippen LogP contribution in [0.5, 0.6) is 5.75 Å². The first-order valence-electron chi connectivity index (χ1n) is 17.0. The average Bonchev–Trinajstić information content (AvgIpc) is 3.17. The largest absolute Gasteiger partial charge is 0.490 e. The molecule has 6 atom stereocenters. The summed E-state index contributed by atoms with van der Waals surface area (Å²) in [6.45, 7) is 9.78. The maximum Gasteiger partial charge on any atom is 0.264 e. The number of aryl methyl sites for hydroxylation is 1. The summed E-state index contributed by atoms with van der Waals surface area (Å²) in [6.07, 6.45) is 9.81. The molecule has 2 heterocycles. The van der Waals surface area contributed by atoms with E-state index in [9.17, 15) is 18.0 Å². The molecule has 8 nitrogen and oxygen atoms in total. The van der Waals surface area contributed by atoms with Gasteiger partial charge in [0.25, 0.3) is 5.91 Å². The van der Waals surface area contributed by atoms with Gasteiger partial charge in [0.2, 0.25) is 10.0 Å². The maximum atomic E-state index is 13.5. The van der Waals surface area contributed by atoms with Gasteiger partial charge in [-0.3, -0.25) is 9.59 Å². The summed E-state index contributed by atoms with van der Waals surface area (Å²) in [6, 6.07) is 11.3. The van der Waals surface area contributed by atoms with Gasteiger partial charge < -0.3 is 14.4 Å². The van der Waals surface area contributed by atoms with Crippen LogP contribution in [-0.4, -0.2) is 57.8 Å².